The van der Waals surface area contributed by atoms with Crippen LogP contribution in [0.5, 0.6) is 17.2 Å². The summed E-state index contributed by atoms with van der Waals surface area (Å²) < 4.78 is 15.9. The van der Waals surface area contributed by atoms with Crippen LogP contribution in [0.1, 0.15) is 11.1 Å². The minimum atomic E-state index is 0. The van der Waals surface area contributed by atoms with Crippen molar-refractivity contribution in [3.8, 4) is 17.2 Å². The van der Waals surface area contributed by atoms with Gasteiger partial charge >= 0.3 is 27.3 Å². The first-order valence-electron chi connectivity index (χ1n) is 6.24. The molecular formula is C14H20N4O3Pb. The number of anilines is 2. The molecule has 7 nitrogen and oxygen atoms in total. The molecule has 2 aromatic rings. The summed E-state index contributed by atoms with van der Waals surface area (Å²) in [5, 5.41) is 0. The van der Waals surface area contributed by atoms with Crippen molar-refractivity contribution in [1.82, 2.24) is 9.97 Å². The molecule has 0 aliphatic carbocycles. The fourth-order valence-corrected chi connectivity index (χ4v) is 2.03. The Bertz CT molecular complexity index is 627. The molecule has 22 heavy (non-hydrogen) atoms. The van der Waals surface area contributed by atoms with Gasteiger partial charge in [0.15, 0.2) is 11.5 Å². The molecule has 4 N–H and O–H groups in total. The van der Waals surface area contributed by atoms with Crippen molar-refractivity contribution in [2.45, 2.75) is 6.42 Å². The number of rotatable bonds is 5. The van der Waals surface area contributed by atoms with Gasteiger partial charge in [0.05, 0.1) is 21.3 Å². The fraction of sp³-hybridized carbons (Fsp3) is 0.286. The molecule has 0 saturated heterocycles. The normalized spacial score (nSPS) is 9.77. The van der Waals surface area contributed by atoms with E-state index in [-0.39, 0.29) is 33.2 Å². The van der Waals surface area contributed by atoms with E-state index in [1.807, 2.05) is 12.1 Å². The van der Waals surface area contributed by atoms with Gasteiger partial charge in [-0.15, -0.1) is 0 Å². The third-order valence-corrected chi connectivity index (χ3v) is 3.04. The zero-order valence-electron chi connectivity index (χ0n) is 12.9. The van der Waals surface area contributed by atoms with E-state index in [1.54, 1.807) is 27.5 Å². The van der Waals surface area contributed by atoms with E-state index in [0.29, 0.717) is 29.5 Å². The molecule has 0 amide bonds. The van der Waals surface area contributed by atoms with E-state index < -0.39 is 0 Å². The molecule has 1 aromatic carbocycles. The van der Waals surface area contributed by atoms with Gasteiger partial charge in [0.2, 0.25) is 11.7 Å². The number of nitrogens with zero attached hydrogens (tertiary/aromatic N) is 2. The third kappa shape index (κ3) is 3.90. The molecule has 2 radical (unpaired) electrons. The average molecular weight is 500 g/mol. The minimum absolute atomic E-state index is 0. The quantitative estimate of drug-likeness (QED) is 0.572. The monoisotopic (exact) mass is 500 g/mol. The average Bonchev–Trinajstić information content (AvgIpc) is 2.49. The molecule has 0 unspecified atom stereocenters. The number of ether oxygens (including phenoxy) is 3. The van der Waals surface area contributed by atoms with Crippen LogP contribution >= 0.6 is 0 Å². The Morgan fingerprint density at radius 1 is 1.00 bits per heavy atom. The number of benzene rings is 1. The molecule has 8 heteroatoms. The molecule has 1 aromatic heterocycles. The second-order valence-corrected chi connectivity index (χ2v) is 4.35. The van der Waals surface area contributed by atoms with Gasteiger partial charge in [0.25, 0.3) is 0 Å². The number of hydrogen-bond donors (Lipinski definition) is 2. The first-order chi connectivity index (χ1) is 10.1. The zero-order valence-corrected chi connectivity index (χ0v) is 18.4. The molecule has 118 valence electrons. The Labute approximate surface area is 149 Å². The molecule has 0 aliphatic rings. The first-order valence-corrected chi connectivity index (χ1v) is 6.24. The van der Waals surface area contributed by atoms with Crippen LogP contribution < -0.4 is 25.7 Å². The van der Waals surface area contributed by atoms with E-state index >= 15 is 0 Å². The van der Waals surface area contributed by atoms with Crippen LogP contribution in [0.3, 0.4) is 0 Å². The summed E-state index contributed by atoms with van der Waals surface area (Å²) in [4.78, 5) is 7.90. The number of hydrogen-bond acceptors (Lipinski definition) is 7. The predicted molar refractivity (Wildman–Crippen MR) is 88.3 cm³/mol. The molecule has 0 bridgehead atoms. The third-order valence-electron chi connectivity index (χ3n) is 3.04. The zero-order chi connectivity index (χ0) is 15.4. The van der Waals surface area contributed by atoms with Gasteiger partial charge in [-0.05, 0) is 17.7 Å². The van der Waals surface area contributed by atoms with Crippen molar-refractivity contribution in [3.05, 3.63) is 29.5 Å². The molecule has 0 saturated carbocycles. The van der Waals surface area contributed by atoms with Crippen molar-refractivity contribution in [2.24, 2.45) is 0 Å². The Hall–Kier alpha value is -1.78. The van der Waals surface area contributed by atoms with Crippen molar-refractivity contribution >= 4 is 39.1 Å². The van der Waals surface area contributed by atoms with E-state index in [0.717, 1.165) is 11.1 Å². The summed E-state index contributed by atoms with van der Waals surface area (Å²) in [7, 11) is 4.70. The van der Waals surface area contributed by atoms with Gasteiger partial charge in [-0.3, -0.25) is 0 Å². The molecule has 0 fully saturated rings. The molecule has 0 spiro atoms. The van der Waals surface area contributed by atoms with Crippen LogP contribution in [0.25, 0.3) is 0 Å². The standard InChI is InChI=1S/C14H18N4O3.Pb.2H/c1-19-10-5-8(6-11(20-2)12(10)21-3)4-9-7-17-14(16)18-13(9)15;;;/h5-7H,4H2,1-3H3,(H4,15,16,17,18);;;. The molecule has 1 heterocycles. The van der Waals surface area contributed by atoms with Crippen LogP contribution in [0.4, 0.5) is 11.8 Å². The van der Waals surface area contributed by atoms with Crippen LogP contribution in [0.2, 0.25) is 0 Å². The summed E-state index contributed by atoms with van der Waals surface area (Å²) in [5.74, 6) is 2.23. The van der Waals surface area contributed by atoms with Crippen molar-refractivity contribution in [2.75, 3.05) is 32.8 Å². The van der Waals surface area contributed by atoms with Crippen LogP contribution in [0, 0.1) is 0 Å². The SMILES string of the molecule is COc1cc(Cc2cnc(N)nc2N)cc(OC)c1OC.[PbH2]. The summed E-state index contributed by atoms with van der Waals surface area (Å²) in [6.07, 6.45) is 2.14. The van der Waals surface area contributed by atoms with E-state index in [4.69, 9.17) is 25.7 Å². The second-order valence-electron chi connectivity index (χ2n) is 4.35. The van der Waals surface area contributed by atoms with Crippen molar-refractivity contribution in [3.63, 3.8) is 0 Å². The van der Waals surface area contributed by atoms with E-state index in [9.17, 15) is 0 Å². The Balaban J connectivity index is 0.00000242. The van der Waals surface area contributed by atoms with Crippen molar-refractivity contribution < 1.29 is 14.2 Å². The Morgan fingerprint density at radius 2 is 1.59 bits per heavy atom. The molecular weight excluding hydrogens is 479 g/mol. The Morgan fingerprint density at radius 3 is 2.05 bits per heavy atom. The molecule has 2 rings (SSSR count). The van der Waals surface area contributed by atoms with Gasteiger partial charge in [-0.2, -0.15) is 4.98 Å². The van der Waals surface area contributed by atoms with Gasteiger partial charge in [-0.1, -0.05) is 0 Å². The fourth-order valence-electron chi connectivity index (χ4n) is 2.03. The first kappa shape index (κ1) is 18.3. The number of nitrogen functional groups attached to an aromatic ring is 2. The topological polar surface area (TPSA) is 106 Å². The van der Waals surface area contributed by atoms with Crippen LogP contribution in [-0.2, 0) is 6.42 Å². The van der Waals surface area contributed by atoms with Gasteiger partial charge in [0, 0.05) is 18.2 Å². The summed E-state index contributed by atoms with van der Waals surface area (Å²) in [6, 6.07) is 3.72. The van der Waals surface area contributed by atoms with Gasteiger partial charge in [0.1, 0.15) is 5.82 Å². The predicted octanol–water partition coefficient (Wildman–Crippen LogP) is 0.341. The maximum absolute atomic E-state index is 5.85. The number of aromatic nitrogens is 2. The van der Waals surface area contributed by atoms with Gasteiger partial charge in [-0.25, -0.2) is 4.98 Å². The molecule has 0 atom stereocenters. The van der Waals surface area contributed by atoms with Crippen molar-refractivity contribution in [1.29, 1.82) is 0 Å². The number of methoxy groups -OCH3 is 3. The Kier molecular flexibility index (Phi) is 6.66. The van der Waals surface area contributed by atoms with E-state index in [1.165, 1.54) is 0 Å². The maximum atomic E-state index is 5.85. The summed E-state index contributed by atoms with van der Waals surface area (Å²) in [5.41, 5.74) is 13.1. The van der Waals surface area contributed by atoms with E-state index in [2.05, 4.69) is 9.97 Å². The van der Waals surface area contributed by atoms with Gasteiger partial charge < -0.3 is 25.7 Å². The van der Waals surface area contributed by atoms with Crippen LogP contribution in [-0.4, -0.2) is 58.6 Å². The van der Waals surface area contributed by atoms with Crippen LogP contribution in [0.15, 0.2) is 18.3 Å². The second kappa shape index (κ2) is 8.01. The summed E-state index contributed by atoms with van der Waals surface area (Å²) in [6.45, 7) is 0. The summed E-state index contributed by atoms with van der Waals surface area (Å²) >= 11 is 0. The number of nitrogens with two attached hydrogens (primary N) is 2. The molecule has 0 aliphatic heterocycles.